The van der Waals surface area contributed by atoms with Crippen molar-refractivity contribution in [3.05, 3.63) is 101 Å². The Morgan fingerprint density at radius 2 is 1.29 bits per heavy atom. The first-order chi connectivity index (χ1) is 19.0. The lowest BCUT2D eigenvalue weighted by Gasteiger charge is -2.38. The van der Waals surface area contributed by atoms with Gasteiger partial charge in [-0.1, -0.05) is 30.3 Å². The van der Waals surface area contributed by atoms with Gasteiger partial charge in [-0.2, -0.15) is 26.3 Å². The van der Waals surface area contributed by atoms with Gasteiger partial charge in [0.05, 0.1) is 23.7 Å². The van der Waals surface area contributed by atoms with E-state index in [1.165, 1.54) is 0 Å². The summed E-state index contributed by atoms with van der Waals surface area (Å²) >= 11 is 0. The maximum absolute atomic E-state index is 14.3. The van der Waals surface area contributed by atoms with Crippen LogP contribution in [0.5, 0.6) is 0 Å². The Labute approximate surface area is 227 Å². The summed E-state index contributed by atoms with van der Waals surface area (Å²) in [5.74, 6) is -3.53. The maximum Gasteiger partial charge on any atom is 0.430 e. The van der Waals surface area contributed by atoms with E-state index in [2.05, 4.69) is 4.74 Å². The smallest absolute Gasteiger partial charge is 0.369 e. The second kappa shape index (κ2) is 9.73. The van der Waals surface area contributed by atoms with E-state index in [1.807, 2.05) is 0 Å². The number of ether oxygens (including phenoxy) is 2. The molecule has 0 amide bonds. The van der Waals surface area contributed by atoms with Crippen LogP contribution in [0.4, 0.5) is 39.5 Å². The predicted octanol–water partition coefficient (Wildman–Crippen LogP) is 6.87. The van der Waals surface area contributed by atoms with Crippen molar-refractivity contribution in [1.29, 1.82) is 0 Å². The summed E-state index contributed by atoms with van der Waals surface area (Å²) in [5, 5.41) is 0. The van der Waals surface area contributed by atoms with Crippen molar-refractivity contribution in [2.24, 2.45) is 0 Å². The molecule has 3 atom stereocenters. The highest BCUT2D eigenvalue weighted by Gasteiger charge is 2.73. The fourth-order valence-electron chi connectivity index (χ4n) is 5.32. The molecule has 1 aliphatic heterocycles. The highest BCUT2D eigenvalue weighted by atomic mass is 32.2. The topological polar surface area (TPSA) is 55.9 Å². The standard InChI is InChI=1S/C27H19F9O4S/c28-17-8-10-18(11-9-17)41(37,38)24(12-22-23(13-24)40-22)15-4-6-16(7-5-15)25(26(31,32)33,27(34,35)36)39-14-19-20(29)2-1-3-21(19)30/h1-11,22-23H,12-14H2/t22-,23+,24?. The van der Waals surface area contributed by atoms with Crippen LogP contribution in [0.15, 0.2) is 71.6 Å². The molecule has 5 rings (SSSR count). The van der Waals surface area contributed by atoms with Crippen LogP contribution in [-0.2, 0) is 36.3 Å². The average Bonchev–Trinajstić information content (AvgIpc) is 3.49. The molecule has 41 heavy (non-hydrogen) atoms. The largest absolute Gasteiger partial charge is 0.430 e. The van der Waals surface area contributed by atoms with Crippen LogP contribution in [0.3, 0.4) is 0 Å². The van der Waals surface area contributed by atoms with Crippen LogP contribution in [0.25, 0.3) is 0 Å². The van der Waals surface area contributed by atoms with Crippen LogP contribution in [0.1, 0.15) is 29.5 Å². The van der Waals surface area contributed by atoms with E-state index in [0.29, 0.717) is 24.3 Å². The number of alkyl halides is 6. The van der Waals surface area contributed by atoms with Crippen molar-refractivity contribution in [2.75, 3.05) is 0 Å². The van der Waals surface area contributed by atoms with Gasteiger partial charge in [-0.05, 0) is 42.0 Å². The minimum absolute atomic E-state index is 0.111. The van der Waals surface area contributed by atoms with Gasteiger partial charge in [0.1, 0.15) is 22.2 Å². The molecule has 1 saturated carbocycles. The Morgan fingerprint density at radius 3 is 1.78 bits per heavy atom. The minimum atomic E-state index is -6.16. The highest BCUT2D eigenvalue weighted by molar-refractivity contribution is 7.92. The summed E-state index contributed by atoms with van der Waals surface area (Å²) in [5.41, 5.74) is -7.75. The molecule has 1 aliphatic carbocycles. The summed E-state index contributed by atoms with van der Waals surface area (Å²) < 4.78 is 162. The molecule has 3 aromatic carbocycles. The normalized spacial score (nSPS) is 23.0. The summed E-state index contributed by atoms with van der Waals surface area (Å²) in [4.78, 5) is -0.292. The molecule has 2 aliphatic rings. The fraction of sp³-hybridized carbons (Fsp3) is 0.333. The lowest BCUT2D eigenvalue weighted by atomic mass is 9.88. The van der Waals surface area contributed by atoms with Gasteiger partial charge >= 0.3 is 12.4 Å². The van der Waals surface area contributed by atoms with Crippen LogP contribution in [0.2, 0.25) is 0 Å². The molecule has 1 saturated heterocycles. The van der Waals surface area contributed by atoms with Gasteiger partial charge in [0.15, 0.2) is 9.84 Å². The summed E-state index contributed by atoms with van der Waals surface area (Å²) in [6, 6.07) is 8.52. The van der Waals surface area contributed by atoms with Crippen LogP contribution >= 0.6 is 0 Å². The van der Waals surface area contributed by atoms with E-state index in [9.17, 15) is 47.9 Å². The number of sulfone groups is 1. The Hall–Kier alpha value is -3.10. The zero-order valence-electron chi connectivity index (χ0n) is 20.6. The number of hydrogen-bond donors (Lipinski definition) is 0. The van der Waals surface area contributed by atoms with Crippen LogP contribution in [-0.4, -0.2) is 33.0 Å². The molecular formula is C27H19F9O4S. The average molecular weight is 610 g/mol. The highest BCUT2D eigenvalue weighted by Crippen LogP contribution is 2.57. The molecule has 14 heteroatoms. The van der Waals surface area contributed by atoms with Gasteiger partial charge in [-0.3, -0.25) is 0 Å². The van der Waals surface area contributed by atoms with E-state index in [1.54, 1.807) is 0 Å². The van der Waals surface area contributed by atoms with Gasteiger partial charge in [0.2, 0.25) is 0 Å². The molecule has 2 fully saturated rings. The molecule has 0 radical (unpaired) electrons. The van der Waals surface area contributed by atoms with Gasteiger partial charge in [-0.15, -0.1) is 0 Å². The molecule has 3 aromatic rings. The Bertz CT molecular complexity index is 1510. The summed E-state index contributed by atoms with van der Waals surface area (Å²) in [6.07, 6.45) is -13.6. The lowest BCUT2D eigenvalue weighted by Crippen LogP contribution is -2.56. The zero-order valence-corrected chi connectivity index (χ0v) is 21.4. The third-order valence-electron chi connectivity index (χ3n) is 7.50. The molecule has 1 unspecified atom stereocenters. The second-order valence-electron chi connectivity index (χ2n) is 9.82. The number of epoxide rings is 1. The van der Waals surface area contributed by atoms with Crippen LogP contribution in [0, 0.1) is 17.5 Å². The van der Waals surface area contributed by atoms with Gasteiger partial charge in [0.25, 0.3) is 5.60 Å². The van der Waals surface area contributed by atoms with Gasteiger partial charge in [0, 0.05) is 24.0 Å². The third kappa shape index (κ3) is 4.69. The van der Waals surface area contributed by atoms with Gasteiger partial charge in [-0.25, -0.2) is 21.6 Å². The Balaban J connectivity index is 1.59. The van der Waals surface area contributed by atoms with E-state index in [0.717, 1.165) is 42.5 Å². The third-order valence-corrected chi connectivity index (χ3v) is 9.99. The van der Waals surface area contributed by atoms with E-state index in [4.69, 9.17) is 4.74 Å². The van der Waals surface area contributed by atoms with Gasteiger partial charge < -0.3 is 9.47 Å². The molecule has 0 N–H and O–H groups in total. The Kier molecular flexibility index (Phi) is 6.98. The Morgan fingerprint density at radius 1 is 0.780 bits per heavy atom. The maximum atomic E-state index is 14.3. The van der Waals surface area contributed by atoms with Crippen molar-refractivity contribution in [2.45, 2.75) is 59.3 Å². The van der Waals surface area contributed by atoms with Crippen molar-refractivity contribution in [3.8, 4) is 0 Å². The zero-order chi connectivity index (χ0) is 30.0. The van der Waals surface area contributed by atoms with E-state index < -0.39 is 79.9 Å². The second-order valence-corrected chi connectivity index (χ2v) is 12.1. The summed E-state index contributed by atoms with van der Waals surface area (Å²) in [7, 11) is -4.34. The number of hydrogen-bond acceptors (Lipinski definition) is 4. The molecule has 220 valence electrons. The van der Waals surface area contributed by atoms with Crippen molar-refractivity contribution >= 4 is 9.84 Å². The van der Waals surface area contributed by atoms with E-state index in [-0.39, 0.29) is 23.3 Å². The lowest BCUT2D eigenvalue weighted by molar-refractivity contribution is -0.392. The molecule has 4 nitrogen and oxygen atoms in total. The first-order valence-corrected chi connectivity index (χ1v) is 13.5. The first-order valence-electron chi connectivity index (χ1n) is 12.0. The number of halogens is 9. The number of rotatable bonds is 7. The first kappa shape index (κ1) is 29.4. The molecule has 0 bridgehead atoms. The van der Waals surface area contributed by atoms with E-state index >= 15 is 0 Å². The number of benzene rings is 3. The molecule has 0 spiro atoms. The molecule has 0 aromatic heterocycles. The van der Waals surface area contributed by atoms with Crippen molar-refractivity contribution in [1.82, 2.24) is 0 Å². The predicted molar refractivity (Wildman–Crippen MR) is 125 cm³/mol. The van der Waals surface area contributed by atoms with Crippen molar-refractivity contribution in [3.63, 3.8) is 0 Å². The van der Waals surface area contributed by atoms with Crippen molar-refractivity contribution < 1.29 is 57.4 Å². The number of fused-ring (bicyclic) bond motifs is 1. The SMILES string of the molecule is O=S(=O)(c1ccc(F)cc1)C1(c2ccc(C(OCc3c(F)cccc3F)(C(F)(F)F)C(F)(F)F)cc2)C[C@@H]2O[C@@H]2C1. The molecular weight excluding hydrogens is 591 g/mol. The summed E-state index contributed by atoms with van der Waals surface area (Å²) in [6.45, 7) is -1.72. The minimum Gasteiger partial charge on any atom is -0.369 e. The quantitative estimate of drug-likeness (QED) is 0.167. The monoisotopic (exact) mass is 610 g/mol. The molecule has 1 heterocycles. The fourth-order valence-corrected chi connectivity index (χ4v) is 7.47. The van der Waals surface area contributed by atoms with Crippen LogP contribution < -0.4 is 0 Å².